The van der Waals surface area contributed by atoms with Gasteiger partial charge in [-0.3, -0.25) is 9.98 Å². The number of sulfone groups is 1. The van der Waals surface area contributed by atoms with Crippen molar-refractivity contribution in [3.63, 3.8) is 0 Å². The van der Waals surface area contributed by atoms with Gasteiger partial charge in [0.15, 0.2) is 15.8 Å². The van der Waals surface area contributed by atoms with E-state index in [0.717, 1.165) is 29.8 Å². The number of benzene rings is 1. The van der Waals surface area contributed by atoms with Crippen molar-refractivity contribution in [1.82, 2.24) is 15.2 Å². The Morgan fingerprint density at radius 3 is 2.81 bits per heavy atom. The molecule has 0 saturated carbocycles. The molecule has 0 bridgehead atoms. The van der Waals surface area contributed by atoms with Crippen molar-refractivity contribution >= 4 is 26.7 Å². The Kier molecular flexibility index (Phi) is 5.69. The SMILES string of the molecule is CCNC(=NCCc1cccc2cccnc12)N1CCS(=O)(=O)C(C)(C)C1. The Morgan fingerprint density at radius 2 is 2.07 bits per heavy atom. The Bertz CT molecular complexity index is 933. The molecule has 1 aromatic heterocycles. The first-order valence-corrected chi connectivity index (χ1v) is 11.1. The summed E-state index contributed by atoms with van der Waals surface area (Å²) in [6.45, 7) is 7.92. The summed E-state index contributed by atoms with van der Waals surface area (Å²) in [4.78, 5) is 11.3. The van der Waals surface area contributed by atoms with Crippen LogP contribution in [0.5, 0.6) is 0 Å². The highest BCUT2D eigenvalue weighted by Gasteiger charge is 2.40. The third-order valence-electron chi connectivity index (χ3n) is 5.04. The molecule has 1 saturated heterocycles. The molecule has 3 rings (SSSR count). The van der Waals surface area contributed by atoms with E-state index < -0.39 is 14.6 Å². The smallest absolute Gasteiger partial charge is 0.194 e. The summed E-state index contributed by atoms with van der Waals surface area (Å²) >= 11 is 0. The predicted molar refractivity (Wildman–Crippen MR) is 111 cm³/mol. The second-order valence-corrected chi connectivity index (χ2v) is 10.2. The standard InChI is InChI=1S/C20H28N4O2S/c1-4-21-19(24-13-14-27(25,26)20(2,3)15-24)23-12-10-17-8-5-7-16-9-6-11-22-18(16)17/h5-9,11H,4,10,12-15H2,1-3H3,(H,21,23). The van der Waals surface area contributed by atoms with Gasteiger partial charge in [-0.15, -0.1) is 0 Å². The lowest BCUT2D eigenvalue weighted by atomic mass is 10.1. The summed E-state index contributed by atoms with van der Waals surface area (Å²) < 4.78 is 23.8. The van der Waals surface area contributed by atoms with Gasteiger partial charge in [0.25, 0.3) is 0 Å². The summed E-state index contributed by atoms with van der Waals surface area (Å²) in [6.07, 6.45) is 2.61. The van der Waals surface area contributed by atoms with Crippen LogP contribution in [0.25, 0.3) is 10.9 Å². The van der Waals surface area contributed by atoms with Crippen LogP contribution in [0.3, 0.4) is 0 Å². The van der Waals surface area contributed by atoms with Crippen molar-refractivity contribution in [3.8, 4) is 0 Å². The summed E-state index contributed by atoms with van der Waals surface area (Å²) in [7, 11) is -3.06. The van der Waals surface area contributed by atoms with Gasteiger partial charge in [0, 0.05) is 37.8 Å². The fraction of sp³-hybridized carbons (Fsp3) is 0.500. The fourth-order valence-electron chi connectivity index (χ4n) is 3.40. The van der Waals surface area contributed by atoms with Crippen LogP contribution in [-0.2, 0) is 16.3 Å². The van der Waals surface area contributed by atoms with E-state index in [-0.39, 0.29) is 5.75 Å². The fourth-order valence-corrected chi connectivity index (χ4v) is 4.77. The summed E-state index contributed by atoms with van der Waals surface area (Å²) in [5.41, 5.74) is 2.19. The summed E-state index contributed by atoms with van der Waals surface area (Å²) in [6, 6.07) is 10.2. The van der Waals surface area contributed by atoms with Crippen LogP contribution in [0.2, 0.25) is 0 Å². The second kappa shape index (κ2) is 7.84. The molecule has 0 radical (unpaired) electrons. The minimum absolute atomic E-state index is 0.164. The number of hydrogen-bond donors (Lipinski definition) is 1. The summed E-state index contributed by atoms with van der Waals surface area (Å²) in [5, 5.41) is 4.44. The lowest BCUT2D eigenvalue weighted by Gasteiger charge is -2.39. The molecule has 1 aromatic carbocycles. The maximum absolute atomic E-state index is 12.3. The highest BCUT2D eigenvalue weighted by molar-refractivity contribution is 7.92. The maximum Gasteiger partial charge on any atom is 0.194 e. The highest BCUT2D eigenvalue weighted by Crippen LogP contribution is 2.24. The third-order valence-corrected chi connectivity index (χ3v) is 7.57. The minimum Gasteiger partial charge on any atom is -0.357 e. The number of pyridine rings is 1. The van der Waals surface area contributed by atoms with Crippen molar-refractivity contribution < 1.29 is 8.42 Å². The first-order chi connectivity index (χ1) is 12.8. The molecule has 7 heteroatoms. The van der Waals surface area contributed by atoms with Gasteiger partial charge >= 0.3 is 0 Å². The molecule has 0 spiro atoms. The molecule has 6 nitrogen and oxygen atoms in total. The molecule has 1 fully saturated rings. The summed E-state index contributed by atoms with van der Waals surface area (Å²) in [5.74, 6) is 0.950. The average Bonchev–Trinajstić information content (AvgIpc) is 2.63. The quantitative estimate of drug-likeness (QED) is 0.642. The molecule has 1 aliphatic rings. The zero-order chi connectivity index (χ0) is 19.5. The van der Waals surface area contributed by atoms with Crippen molar-refractivity contribution in [1.29, 1.82) is 0 Å². The Morgan fingerprint density at radius 1 is 1.30 bits per heavy atom. The number of guanidine groups is 1. The van der Waals surface area contributed by atoms with Crippen LogP contribution >= 0.6 is 0 Å². The lowest BCUT2D eigenvalue weighted by Crippen LogP contribution is -2.57. The van der Waals surface area contributed by atoms with Crippen LogP contribution < -0.4 is 5.32 Å². The molecule has 2 aromatic rings. The molecule has 2 heterocycles. The third kappa shape index (κ3) is 4.24. The molecule has 0 amide bonds. The average molecular weight is 389 g/mol. The normalized spacial score (nSPS) is 19.2. The largest absolute Gasteiger partial charge is 0.357 e. The number of rotatable bonds is 4. The van der Waals surface area contributed by atoms with Crippen molar-refractivity contribution in [2.45, 2.75) is 31.9 Å². The van der Waals surface area contributed by atoms with Crippen LogP contribution in [0, 0.1) is 0 Å². The number of para-hydroxylation sites is 1. The van der Waals surface area contributed by atoms with Crippen LogP contribution in [0.15, 0.2) is 41.5 Å². The monoisotopic (exact) mass is 388 g/mol. The zero-order valence-corrected chi connectivity index (χ0v) is 17.1. The molecule has 27 heavy (non-hydrogen) atoms. The topological polar surface area (TPSA) is 74.7 Å². The number of aromatic nitrogens is 1. The molecular weight excluding hydrogens is 360 g/mol. The molecule has 0 aliphatic carbocycles. The van der Waals surface area contributed by atoms with Gasteiger partial charge < -0.3 is 10.2 Å². The van der Waals surface area contributed by atoms with E-state index in [9.17, 15) is 8.42 Å². The van der Waals surface area contributed by atoms with Crippen molar-refractivity contribution in [2.24, 2.45) is 4.99 Å². The van der Waals surface area contributed by atoms with Gasteiger partial charge in [-0.25, -0.2) is 8.42 Å². The molecular formula is C20H28N4O2S. The number of aliphatic imine (C=N–C) groups is 1. The number of nitrogens with zero attached hydrogens (tertiary/aromatic N) is 3. The van der Waals surface area contributed by atoms with Gasteiger partial charge in [-0.05, 0) is 38.8 Å². The van der Waals surface area contributed by atoms with Crippen LogP contribution in [0.1, 0.15) is 26.3 Å². The van der Waals surface area contributed by atoms with Gasteiger partial charge in [0.05, 0.1) is 16.0 Å². The Hall–Kier alpha value is -2.15. The van der Waals surface area contributed by atoms with Gasteiger partial charge in [0.1, 0.15) is 0 Å². The van der Waals surface area contributed by atoms with E-state index in [0.29, 0.717) is 19.6 Å². The van der Waals surface area contributed by atoms with E-state index >= 15 is 0 Å². The first kappa shape index (κ1) is 19.6. The van der Waals surface area contributed by atoms with Crippen LogP contribution in [-0.4, -0.2) is 60.9 Å². The van der Waals surface area contributed by atoms with Crippen LogP contribution in [0.4, 0.5) is 0 Å². The van der Waals surface area contributed by atoms with Gasteiger partial charge in [-0.1, -0.05) is 24.3 Å². The minimum atomic E-state index is -3.06. The zero-order valence-electron chi connectivity index (χ0n) is 16.3. The predicted octanol–water partition coefficient (Wildman–Crippen LogP) is 2.25. The molecule has 1 aliphatic heterocycles. The second-order valence-electron chi connectivity index (χ2n) is 7.48. The van der Waals surface area contributed by atoms with E-state index in [1.54, 1.807) is 13.8 Å². The van der Waals surface area contributed by atoms with E-state index in [1.807, 2.05) is 25.3 Å². The van der Waals surface area contributed by atoms with E-state index in [4.69, 9.17) is 4.99 Å². The molecule has 1 N–H and O–H groups in total. The Balaban J connectivity index is 1.75. The highest BCUT2D eigenvalue weighted by atomic mass is 32.2. The van der Waals surface area contributed by atoms with E-state index in [1.165, 1.54) is 5.56 Å². The van der Waals surface area contributed by atoms with Crippen molar-refractivity contribution in [2.75, 3.05) is 31.9 Å². The molecule has 0 atom stereocenters. The van der Waals surface area contributed by atoms with E-state index in [2.05, 4.69) is 33.4 Å². The number of fused-ring (bicyclic) bond motifs is 1. The van der Waals surface area contributed by atoms with Gasteiger partial charge in [-0.2, -0.15) is 0 Å². The molecule has 0 unspecified atom stereocenters. The van der Waals surface area contributed by atoms with Gasteiger partial charge in [0.2, 0.25) is 0 Å². The number of hydrogen-bond acceptors (Lipinski definition) is 4. The van der Waals surface area contributed by atoms with Crippen molar-refractivity contribution in [3.05, 3.63) is 42.1 Å². The maximum atomic E-state index is 12.3. The first-order valence-electron chi connectivity index (χ1n) is 9.42. The Labute approximate surface area is 161 Å². The molecule has 146 valence electrons. The number of nitrogens with one attached hydrogen (secondary N) is 1. The lowest BCUT2D eigenvalue weighted by molar-refractivity contribution is 0.353.